The van der Waals surface area contributed by atoms with Crippen LogP contribution in [-0.4, -0.2) is 77.9 Å². The Kier molecular flexibility index (Phi) is 9.69. The van der Waals surface area contributed by atoms with Crippen molar-refractivity contribution in [3.63, 3.8) is 0 Å². The smallest absolute Gasteiger partial charge is 0.251 e. The fourth-order valence-corrected chi connectivity index (χ4v) is 5.98. The van der Waals surface area contributed by atoms with E-state index in [0.29, 0.717) is 17.9 Å². The van der Waals surface area contributed by atoms with Crippen molar-refractivity contribution in [3.8, 4) is 17.2 Å². The van der Waals surface area contributed by atoms with Crippen molar-refractivity contribution >= 4 is 12.1 Å². The molecule has 12 heteroatoms. The van der Waals surface area contributed by atoms with Crippen LogP contribution in [0.15, 0.2) is 43.0 Å². The number of pyridine rings is 1. The Labute approximate surface area is 255 Å². The molecule has 2 aromatic heterocycles. The van der Waals surface area contributed by atoms with Crippen molar-refractivity contribution in [3.05, 3.63) is 65.6 Å². The first-order valence-electron chi connectivity index (χ1n) is 14.9. The fraction of sp³-hybridized carbons (Fsp3) is 0.500. The van der Waals surface area contributed by atoms with Gasteiger partial charge in [0.1, 0.15) is 29.7 Å². The number of nitrogens with zero attached hydrogens (tertiary/aromatic N) is 5. The van der Waals surface area contributed by atoms with E-state index in [0.717, 1.165) is 56.4 Å². The van der Waals surface area contributed by atoms with Crippen LogP contribution in [0.25, 0.3) is 0 Å². The second kappa shape index (κ2) is 13.5. The van der Waals surface area contributed by atoms with Crippen molar-refractivity contribution in [1.29, 1.82) is 0 Å². The molecule has 2 fully saturated rings. The monoisotopic (exact) mass is 612 g/mol. The standard InChI is InChI=1S/C26H26FN5O3.C6H13F2N/c1-16-24-20(4-6-29-16)30-7-5-22(24)34-19-9-26(10-19)13-32(14-26)25-23(11-28-15-31-25)35-21-3-2-18(27)8-17(21)12-33;1-5(2)9(3)4-6(7)8/h2-3,5,7-8,11-12,15-16,19,29H,4,6,9-10,13-14H2,1H3;5-6H,4H2,1-3H3. The lowest BCUT2D eigenvalue weighted by Crippen LogP contribution is -2.65. The first-order valence-corrected chi connectivity index (χ1v) is 14.9. The number of anilines is 1. The summed E-state index contributed by atoms with van der Waals surface area (Å²) in [7, 11) is 1.69. The Bertz CT molecular complexity index is 1440. The van der Waals surface area contributed by atoms with Crippen molar-refractivity contribution in [2.45, 2.75) is 64.6 Å². The molecule has 9 nitrogen and oxygen atoms in total. The van der Waals surface area contributed by atoms with Gasteiger partial charge in [0.25, 0.3) is 6.43 Å². The van der Waals surface area contributed by atoms with Crippen molar-refractivity contribution < 1.29 is 27.4 Å². The summed E-state index contributed by atoms with van der Waals surface area (Å²) in [5.41, 5.74) is 2.66. The van der Waals surface area contributed by atoms with Gasteiger partial charge in [0, 0.05) is 55.3 Å². The zero-order chi connectivity index (χ0) is 31.4. The highest BCUT2D eigenvalue weighted by molar-refractivity contribution is 5.79. The Morgan fingerprint density at radius 1 is 1.16 bits per heavy atom. The minimum absolute atomic E-state index is 0.127. The number of carbonyl (C=O) groups is 1. The van der Waals surface area contributed by atoms with Crippen LogP contribution in [-0.2, 0) is 6.42 Å². The zero-order valence-electron chi connectivity index (χ0n) is 25.5. The van der Waals surface area contributed by atoms with E-state index in [9.17, 15) is 18.0 Å². The second-order valence-corrected chi connectivity index (χ2v) is 12.1. The van der Waals surface area contributed by atoms with Crippen LogP contribution in [0.1, 0.15) is 61.3 Å². The summed E-state index contributed by atoms with van der Waals surface area (Å²) in [4.78, 5) is 28.1. The van der Waals surface area contributed by atoms with Gasteiger partial charge in [-0.25, -0.2) is 23.1 Å². The molecule has 1 N–H and O–H groups in total. The second-order valence-electron chi connectivity index (χ2n) is 12.1. The highest BCUT2D eigenvalue weighted by atomic mass is 19.3. The van der Waals surface area contributed by atoms with E-state index in [1.54, 1.807) is 18.1 Å². The highest BCUT2D eigenvalue weighted by Crippen LogP contribution is 2.52. The van der Waals surface area contributed by atoms with Crippen LogP contribution in [0.3, 0.4) is 0 Å². The lowest BCUT2D eigenvalue weighted by atomic mass is 9.61. The molecule has 1 aliphatic carbocycles. The summed E-state index contributed by atoms with van der Waals surface area (Å²) in [5.74, 6) is 1.83. The molecule has 0 radical (unpaired) electrons. The van der Waals surface area contributed by atoms with Crippen LogP contribution in [0, 0.1) is 11.2 Å². The summed E-state index contributed by atoms with van der Waals surface area (Å²) in [5, 5.41) is 3.49. The van der Waals surface area contributed by atoms with Crippen molar-refractivity contribution in [2.24, 2.45) is 5.41 Å². The van der Waals surface area contributed by atoms with E-state index >= 15 is 0 Å². The molecule has 1 atom stereocenters. The van der Waals surface area contributed by atoms with Gasteiger partial charge < -0.3 is 19.7 Å². The van der Waals surface area contributed by atoms with Gasteiger partial charge in [-0.15, -0.1) is 0 Å². The highest BCUT2D eigenvalue weighted by Gasteiger charge is 2.54. The number of ether oxygens (including phenoxy) is 2. The number of rotatable bonds is 9. The normalized spacial score (nSPS) is 18.8. The maximum atomic E-state index is 13.5. The number of aldehydes is 1. The summed E-state index contributed by atoms with van der Waals surface area (Å²) in [6, 6.07) is 6.28. The Morgan fingerprint density at radius 2 is 1.93 bits per heavy atom. The molecule has 1 aromatic carbocycles. The zero-order valence-corrected chi connectivity index (χ0v) is 25.5. The van der Waals surface area contributed by atoms with Crippen LogP contribution in [0.5, 0.6) is 17.2 Å². The van der Waals surface area contributed by atoms with E-state index in [1.807, 2.05) is 26.1 Å². The van der Waals surface area contributed by atoms with Gasteiger partial charge in [-0.05, 0) is 64.9 Å². The lowest BCUT2D eigenvalue weighted by Gasteiger charge is -2.59. The summed E-state index contributed by atoms with van der Waals surface area (Å²) in [6.45, 7) is 8.44. The van der Waals surface area contributed by atoms with Crippen molar-refractivity contribution in [1.82, 2.24) is 25.2 Å². The number of nitrogens with one attached hydrogen (secondary N) is 1. The third-order valence-corrected chi connectivity index (χ3v) is 8.53. The largest absolute Gasteiger partial charge is 0.490 e. The Balaban J connectivity index is 0.000000374. The number of fused-ring (bicyclic) bond motifs is 1. The predicted molar refractivity (Wildman–Crippen MR) is 160 cm³/mol. The molecule has 1 saturated heterocycles. The van der Waals surface area contributed by atoms with Crippen LogP contribution < -0.4 is 19.7 Å². The first-order chi connectivity index (χ1) is 21.1. The average molecular weight is 613 g/mol. The molecule has 1 spiro atoms. The minimum atomic E-state index is -2.21. The molecule has 236 valence electrons. The number of halogens is 3. The Morgan fingerprint density at radius 3 is 2.61 bits per heavy atom. The van der Waals surface area contributed by atoms with E-state index in [4.69, 9.17) is 9.47 Å². The molecule has 1 saturated carbocycles. The molecular formula is C32H39F3N6O3. The van der Waals surface area contributed by atoms with Gasteiger partial charge in [-0.1, -0.05) is 0 Å². The summed E-state index contributed by atoms with van der Waals surface area (Å²) >= 11 is 0. The van der Waals surface area contributed by atoms with Crippen LogP contribution >= 0.6 is 0 Å². The quantitative estimate of drug-likeness (QED) is 0.316. The van der Waals surface area contributed by atoms with Crippen LogP contribution in [0.4, 0.5) is 19.0 Å². The SMILES string of the molecule is CC(C)N(C)CC(F)F.CC1NCCc2nccc(OC3CC4(C3)CN(c3ncncc3Oc3ccc(F)cc3C=O)C4)c21. The summed E-state index contributed by atoms with van der Waals surface area (Å²) < 4.78 is 49.0. The Hall–Kier alpha value is -3.77. The molecule has 3 aromatic rings. The van der Waals surface area contributed by atoms with Gasteiger partial charge in [0.2, 0.25) is 0 Å². The third-order valence-electron chi connectivity index (χ3n) is 8.53. The van der Waals surface area contributed by atoms with Crippen molar-refractivity contribution in [2.75, 3.05) is 38.1 Å². The van der Waals surface area contributed by atoms with Crippen LogP contribution in [0.2, 0.25) is 0 Å². The number of carbonyl (C=O) groups excluding carboxylic acids is 1. The molecular weight excluding hydrogens is 573 g/mol. The van der Waals surface area contributed by atoms with E-state index in [1.165, 1.54) is 24.0 Å². The number of alkyl halides is 2. The maximum Gasteiger partial charge on any atom is 0.251 e. The fourth-order valence-electron chi connectivity index (χ4n) is 5.98. The minimum Gasteiger partial charge on any atom is -0.490 e. The predicted octanol–water partition coefficient (Wildman–Crippen LogP) is 5.46. The van der Waals surface area contributed by atoms with Gasteiger partial charge >= 0.3 is 0 Å². The average Bonchev–Trinajstić information content (AvgIpc) is 2.95. The molecule has 4 heterocycles. The molecule has 44 heavy (non-hydrogen) atoms. The van der Waals surface area contributed by atoms with E-state index in [-0.39, 0.29) is 41.5 Å². The number of benzene rings is 1. The summed E-state index contributed by atoms with van der Waals surface area (Å²) in [6.07, 6.45) is 6.34. The van der Waals surface area contributed by atoms with Gasteiger partial charge in [-0.3, -0.25) is 14.7 Å². The molecule has 1 unspecified atom stereocenters. The maximum absolute atomic E-state index is 13.5. The van der Waals surface area contributed by atoms with Gasteiger partial charge in [-0.2, -0.15) is 0 Å². The molecule has 0 bridgehead atoms. The molecule has 2 aliphatic heterocycles. The van der Waals surface area contributed by atoms with E-state index < -0.39 is 12.2 Å². The van der Waals surface area contributed by atoms with Gasteiger partial charge in [0.15, 0.2) is 17.9 Å². The lowest BCUT2D eigenvalue weighted by molar-refractivity contribution is -0.0351. The number of hydrogen-bond acceptors (Lipinski definition) is 9. The van der Waals surface area contributed by atoms with E-state index in [2.05, 4.69) is 32.1 Å². The first kappa shape index (κ1) is 31.6. The molecule has 0 amide bonds. The number of hydrogen-bond donors (Lipinski definition) is 1. The molecule has 6 rings (SSSR count). The topological polar surface area (TPSA) is 92.7 Å². The van der Waals surface area contributed by atoms with Gasteiger partial charge in [0.05, 0.1) is 24.0 Å². The third kappa shape index (κ3) is 7.13. The molecule has 3 aliphatic rings. The number of aromatic nitrogens is 3.